The number of carbonyl (C=O) groups excluding carboxylic acids is 1. The molecule has 1 heterocycles. The van der Waals surface area contributed by atoms with E-state index in [4.69, 9.17) is 9.97 Å². The van der Waals surface area contributed by atoms with E-state index >= 15 is 0 Å². The van der Waals surface area contributed by atoms with E-state index in [9.17, 15) is 4.79 Å². The SMILES string of the molecule is Cc1nc(SCc2cccc(C(=O)NC(C)c3ccccc3)c2)nc(N(C)Cc2ccccc2)c1C. The number of carbonyl (C=O) groups is 1. The maximum atomic E-state index is 12.9. The van der Waals surface area contributed by atoms with Gasteiger partial charge in [0.15, 0.2) is 5.16 Å². The summed E-state index contributed by atoms with van der Waals surface area (Å²) in [7, 11) is 2.06. The molecule has 0 spiro atoms. The Morgan fingerprint density at radius 3 is 2.31 bits per heavy atom. The Morgan fingerprint density at radius 2 is 1.58 bits per heavy atom. The Bertz CT molecular complexity index is 1310. The van der Waals surface area contributed by atoms with Gasteiger partial charge < -0.3 is 10.2 Å². The van der Waals surface area contributed by atoms with Gasteiger partial charge in [0.25, 0.3) is 5.91 Å². The third kappa shape index (κ3) is 6.52. The fraction of sp³-hybridized carbons (Fsp3) is 0.233. The summed E-state index contributed by atoms with van der Waals surface area (Å²) < 4.78 is 0. The molecule has 0 saturated heterocycles. The van der Waals surface area contributed by atoms with E-state index in [2.05, 4.69) is 48.5 Å². The number of thioether (sulfide) groups is 1. The van der Waals surface area contributed by atoms with Crippen LogP contribution < -0.4 is 10.2 Å². The Balaban J connectivity index is 1.43. The average Bonchev–Trinajstić information content (AvgIpc) is 2.90. The molecule has 6 heteroatoms. The van der Waals surface area contributed by atoms with Crippen LogP contribution in [0.3, 0.4) is 0 Å². The van der Waals surface area contributed by atoms with Crippen LogP contribution in [-0.2, 0) is 12.3 Å². The zero-order valence-corrected chi connectivity index (χ0v) is 22.0. The van der Waals surface area contributed by atoms with Gasteiger partial charge in [0.1, 0.15) is 5.82 Å². The molecule has 0 saturated carbocycles. The van der Waals surface area contributed by atoms with Gasteiger partial charge in [-0.1, -0.05) is 84.6 Å². The summed E-state index contributed by atoms with van der Waals surface area (Å²) in [6.45, 7) is 6.87. The molecular formula is C30H32N4OS. The van der Waals surface area contributed by atoms with E-state index in [0.717, 1.165) is 39.9 Å². The van der Waals surface area contributed by atoms with Gasteiger partial charge in [-0.15, -0.1) is 0 Å². The lowest BCUT2D eigenvalue weighted by atomic mass is 10.1. The molecule has 1 amide bonds. The molecule has 3 aromatic carbocycles. The minimum Gasteiger partial charge on any atom is -0.355 e. The summed E-state index contributed by atoms with van der Waals surface area (Å²) in [5.41, 5.74) is 6.09. The van der Waals surface area contributed by atoms with Crippen LogP contribution in [0.2, 0.25) is 0 Å². The highest BCUT2D eigenvalue weighted by Gasteiger charge is 2.15. The minimum atomic E-state index is -0.0783. The summed E-state index contributed by atoms with van der Waals surface area (Å²) in [5, 5.41) is 3.83. The van der Waals surface area contributed by atoms with E-state index in [1.54, 1.807) is 11.8 Å². The second-order valence-corrected chi connectivity index (χ2v) is 9.92. The number of aryl methyl sites for hydroxylation is 1. The van der Waals surface area contributed by atoms with Crippen LogP contribution in [0.15, 0.2) is 90.1 Å². The first-order chi connectivity index (χ1) is 17.4. The second kappa shape index (κ2) is 11.9. The fourth-order valence-electron chi connectivity index (χ4n) is 4.01. The molecule has 0 bridgehead atoms. The van der Waals surface area contributed by atoms with Crippen molar-refractivity contribution >= 4 is 23.5 Å². The van der Waals surface area contributed by atoms with Crippen molar-refractivity contribution in [3.05, 3.63) is 118 Å². The van der Waals surface area contributed by atoms with Crippen molar-refractivity contribution in [1.29, 1.82) is 0 Å². The van der Waals surface area contributed by atoms with Gasteiger partial charge in [-0.2, -0.15) is 0 Å². The maximum absolute atomic E-state index is 12.9. The second-order valence-electron chi connectivity index (χ2n) is 8.98. The number of benzene rings is 3. The highest BCUT2D eigenvalue weighted by molar-refractivity contribution is 7.98. The molecule has 4 aromatic rings. The normalized spacial score (nSPS) is 11.7. The molecular weight excluding hydrogens is 464 g/mol. The standard InChI is InChI=1S/C30H32N4OS/c1-21-22(2)32-30(33-28(21)34(4)19-24-12-7-5-8-13-24)36-20-25-14-11-17-27(18-25)29(35)31-23(3)26-15-9-6-10-16-26/h5-18,23H,19-20H2,1-4H3,(H,31,35). The molecule has 1 atom stereocenters. The van der Waals surface area contributed by atoms with E-state index < -0.39 is 0 Å². The lowest BCUT2D eigenvalue weighted by Crippen LogP contribution is -2.26. The summed E-state index contributed by atoms with van der Waals surface area (Å²) in [6, 6.07) is 28.1. The molecule has 5 nitrogen and oxygen atoms in total. The number of aromatic nitrogens is 2. The Kier molecular flexibility index (Phi) is 8.39. The van der Waals surface area contributed by atoms with Crippen molar-refractivity contribution in [1.82, 2.24) is 15.3 Å². The zero-order chi connectivity index (χ0) is 25.5. The Labute approximate surface area is 218 Å². The monoisotopic (exact) mass is 496 g/mol. The first-order valence-electron chi connectivity index (χ1n) is 12.1. The van der Waals surface area contributed by atoms with Gasteiger partial charge in [0.05, 0.1) is 6.04 Å². The van der Waals surface area contributed by atoms with Crippen LogP contribution in [0.5, 0.6) is 0 Å². The summed E-state index contributed by atoms with van der Waals surface area (Å²) in [5.74, 6) is 1.54. The third-order valence-corrected chi connectivity index (χ3v) is 7.09. The largest absolute Gasteiger partial charge is 0.355 e. The summed E-state index contributed by atoms with van der Waals surface area (Å²) >= 11 is 1.58. The van der Waals surface area contributed by atoms with Crippen LogP contribution in [0, 0.1) is 13.8 Å². The van der Waals surface area contributed by atoms with Crippen LogP contribution in [-0.4, -0.2) is 22.9 Å². The number of hydrogen-bond acceptors (Lipinski definition) is 5. The molecule has 1 aromatic heterocycles. The molecule has 0 aliphatic rings. The zero-order valence-electron chi connectivity index (χ0n) is 21.2. The Morgan fingerprint density at radius 1 is 0.917 bits per heavy atom. The van der Waals surface area contributed by atoms with Gasteiger partial charge in [-0.3, -0.25) is 4.79 Å². The summed E-state index contributed by atoms with van der Waals surface area (Å²) in [4.78, 5) is 24.6. The average molecular weight is 497 g/mol. The quantitative estimate of drug-likeness (QED) is 0.211. The van der Waals surface area contributed by atoms with E-state index in [-0.39, 0.29) is 11.9 Å². The van der Waals surface area contributed by atoms with Gasteiger partial charge in [0.2, 0.25) is 0 Å². The molecule has 184 valence electrons. The number of nitrogens with zero attached hydrogens (tertiary/aromatic N) is 3. The first kappa shape index (κ1) is 25.5. The minimum absolute atomic E-state index is 0.0630. The molecule has 0 aliphatic carbocycles. The van der Waals surface area contributed by atoms with Crippen LogP contribution >= 0.6 is 11.8 Å². The molecule has 0 radical (unpaired) electrons. The molecule has 0 aliphatic heterocycles. The molecule has 0 fully saturated rings. The molecule has 1 unspecified atom stereocenters. The first-order valence-corrected chi connectivity index (χ1v) is 13.1. The van der Waals surface area contributed by atoms with Crippen molar-refractivity contribution in [3.63, 3.8) is 0 Å². The Hall–Kier alpha value is -3.64. The topological polar surface area (TPSA) is 58.1 Å². The van der Waals surface area contributed by atoms with Crippen LogP contribution in [0.4, 0.5) is 5.82 Å². The van der Waals surface area contributed by atoms with E-state index in [1.807, 2.05) is 74.5 Å². The lowest BCUT2D eigenvalue weighted by molar-refractivity contribution is 0.0940. The third-order valence-electron chi connectivity index (χ3n) is 6.17. The van der Waals surface area contributed by atoms with E-state index in [0.29, 0.717) is 11.3 Å². The smallest absolute Gasteiger partial charge is 0.251 e. The van der Waals surface area contributed by atoms with Gasteiger partial charge in [-0.05, 0) is 49.6 Å². The van der Waals surface area contributed by atoms with Crippen molar-refractivity contribution < 1.29 is 4.79 Å². The van der Waals surface area contributed by atoms with Crippen molar-refractivity contribution in [2.45, 2.75) is 44.3 Å². The van der Waals surface area contributed by atoms with Gasteiger partial charge >= 0.3 is 0 Å². The van der Waals surface area contributed by atoms with Crippen molar-refractivity contribution in [2.24, 2.45) is 0 Å². The molecule has 36 heavy (non-hydrogen) atoms. The highest BCUT2D eigenvalue weighted by Crippen LogP contribution is 2.27. The summed E-state index contributed by atoms with van der Waals surface area (Å²) in [6.07, 6.45) is 0. The van der Waals surface area contributed by atoms with Crippen molar-refractivity contribution in [3.8, 4) is 0 Å². The predicted octanol–water partition coefficient (Wildman–Crippen LogP) is 6.51. The number of nitrogens with one attached hydrogen (secondary N) is 1. The van der Waals surface area contributed by atoms with Crippen molar-refractivity contribution in [2.75, 3.05) is 11.9 Å². The maximum Gasteiger partial charge on any atom is 0.251 e. The fourth-order valence-corrected chi connectivity index (χ4v) is 4.84. The molecule has 1 N–H and O–H groups in total. The number of rotatable bonds is 9. The lowest BCUT2D eigenvalue weighted by Gasteiger charge is -2.21. The van der Waals surface area contributed by atoms with Gasteiger partial charge in [-0.25, -0.2) is 9.97 Å². The van der Waals surface area contributed by atoms with Crippen LogP contribution in [0.1, 0.15) is 51.3 Å². The number of amides is 1. The van der Waals surface area contributed by atoms with E-state index in [1.165, 1.54) is 5.56 Å². The molecule has 4 rings (SSSR count). The number of anilines is 1. The van der Waals surface area contributed by atoms with Crippen LogP contribution in [0.25, 0.3) is 0 Å². The highest BCUT2D eigenvalue weighted by atomic mass is 32.2. The van der Waals surface area contributed by atoms with Gasteiger partial charge in [0, 0.05) is 36.2 Å². The number of hydrogen-bond donors (Lipinski definition) is 1. The predicted molar refractivity (Wildman–Crippen MR) is 148 cm³/mol.